The van der Waals surface area contributed by atoms with Crippen LogP contribution in [0.15, 0.2) is 66.2 Å². The molecule has 30 heavy (non-hydrogen) atoms. The molecular formula is C25H31N3O2. The Hall–Kier alpha value is -2.92. The number of nitrogens with two attached hydrogens (primary N) is 1. The van der Waals surface area contributed by atoms with E-state index in [9.17, 15) is 9.59 Å². The molecule has 1 fully saturated rings. The number of anilines is 1. The van der Waals surface area contributed by atoms with Crippen molar-refractivity contribution < 1.29 is 9.59 Å². The molecule has 3 N–H and O–H groups in total. The molecule has 5 nitrogen and oxygen atoms in total. The number of carbonyl (C=O) groups is 2. The molecule has 0 radical (unpaired) electrons. The second-order valence-corrected chi connectivity index (χ2v) is 8.14. The number of nitrogens with zero attached hydrogens (tertiary/aromatic N) is 1. The third-order valence-corrected chi connectivity index (χ3v) is 5.56. The van der Waals surface area contributed by atoms with E-state index in [0.29, 0.717) is 0 Å². The number of allylic oxidation sites excluding steroid dienone is 1. The number of piperidine rings is 1. The van der Waals surface area contributed by atoms with Crippen LogP contribution in [-0.4, -0.2) is 29.8 Å². The van der Waals surface area contributed by atoms with E-state index in [2.05, 4.69) is 22.3 Å². The molecule has 0 aliphatic carbocycles. The van der Waals surface area contributed by atoms with E-state index in [-0.39, 0.29) is 17.7 Å². The van der Waals surface area contributed by atoms with Crippen LogP contribution in [0.2, 0.25) is 0 Å². The van der Waals surface area contributed by atoms with Crippen LogP contribution in [0, 0.1) is 5.92 Å². The van der Waals surface area contributed by atoms with Crippen LogP contribution >= 0.6 is 0 Å². The van der Waals surface area contributed by atoms with E-state index >= 15 is 0 Å². The molecule has 1 saturated heterocycles. The Bertz CT molecular complexity index is 875. The van der Waals surface area contributed by atoms with E-state index in [4.69, 9.17) is 5.73 Å². The molecule has 5 heteroatoms. The van der Waals surface area contributed by atoms with Gasteiger partial charge >= 0.3 is 0 Å². The van der Waals surface area contributed by atoms with Gasteiger partial charge in [0.15, 0.2) is 0 Å². The number of hydrogen-bond acceptors (Lipinski definition) is 3. The molecule has 2 aromatic carbocycles. The highest BCUT2D eigenvalue weighted by Crippen LogP contribution is 2.19. The smallest absolute Gasteiger partial charge is 0.248 e. The summed E-state index contributed by atoms with van der Waals surface area (Å²) < 4.78 is 0. The summed E-state index contributed by atoms with van der Waals surface area (Å²) in [4.78, 5) is 26.0. The van der Waals surface area contributed by atoms with Gasteiger partial charge in [0.05, 0.1) is 5.92 Å². The SMILES string of the molecule is C/C(=C\C(=O)Nc1ccc(CN2CCCC(C(N)=O)C2)cc1)CCc1ccccc1. The van der Waals surface area contributed by atoms with Gasteiger partial charge in [-0.25, -0.2) is 0 Å². The standard InChI is InChI=1S/C25H31N3O2/c1-19(9-10-20-6-3-2-4-7-20)16-24(29)27-23-13-11-21(12-14-23)17-28-15-5-8-22(18-28)25(26)30/h2-4,6-7,11-14,16,22H,5,8-10,15,17-18H2,1H3,(H2,26,30)(H,27,29)/b19-16+. The van der Waals surface area contributed by atoms with Crippen LogP contribution in [0.3, 0.4) is 0 Å². The Kier molecular flexibility index (Phi) is 7.80. The highest BCUT2D eigenvalue weighted by molar-refractivity contribution is 5.99. The number of rotatable bonds is 8. The van der Waals surface area contributed by atoms with Gasteiger partial charge < -0.3 is 11.1 Å². The topological polar surface area (TPSA) is 75.4 Å². The van der Waals surface area contributed by atoms with Crippen molar-refractivity contribution in [1.29, 1.82) is 0 Å². The maximum Gasteiger partial charge on any atom is 0.248 e. The first kappa shape index (κ1) is 21.8. The highest BCUT2D eigenvalue weighted by Gasteiger charge is 2.23. The predicted molar refractivity (Wildman–Crippen MR) is 121 cm³/mol. The van der Waals surface area contributed by atoms with E-state index < -0.39 is 0 Å². The van der Waals surface area contributed by atoms with Crippen LogP contribution in [-0.2, 0) is 22.6 Å². The minimum absolute atomic E-state index is 0.0470. The molecule has 1 heterocycles. The largest absolute Gasteiger partial charge is 0.369 e. The summed E-state index contributed by atoms with van der Waals surface area (Å²) in [5, 5.41) is 2.93. The number of amides is 2. The van der Waals surface area contributed by atoms with E-state index in [0.717, 1.165) is 62.1 Å². The molecule has 1 unspecified atom stereocenters. The zero-order valence-corrected chi connectivity index (χ0v) is 17.6. The molecule has 2 amide bonds. The number of likely N-dealkylation sites (tertiary alicyclic amines) is 1. The summed E-state index contributed by atoms with van der Waals surface area (Å²) in [6.07, 6.45) is 5.35. The first-order valence-electron chi connectivity index (χ1n) is 10.6. The van der Waals surface area contributed by atoms with Crippen molar-refractivity contribution in [2.75, 3.05) is 18.4 Å². The van der Waals surface area contributed by atoms with Crippen LogP contribution in [0.5, 0.6) is 0 Å². The van der Waals surface area contributed by atoms with E-state index in [1.165, 1.54) is 5.56 Å². The molecule has 3 rings (SSSR count). The summed E-state index contributed by atoms with van der Waals surface area (Å²) in [7, 11) is 0. The molecule has 0 aromatic heterocycles. The van der Waals surface area contributed by atoms with Crippen molar-refractivity contribution in [2.24, 2.45) is 11.7 Å². The van der Waals surface area contributed by atoms with E-state index in [1.54, 1.807) is 6.08 Å². The second-order valence-electron chi connectivity index (χ2n) is 8.14. The van der Waals surface area contributed by atoms with Gasteiger partial charge in [0.1, 0.15) is 0 Å². The lowest BCUT2D eigenvalue weighted by molar-refractivity contribution is -0.123. The highest BCUT2D eigenvalue weighted by atomic mass is 16.1. The lowest BCUT2D eigenvalue weighted by atomic mass is 9.97. The quantitative estimate of drug-likeness (QED) is 0.654. The normalized spacial score (nSPS) is 17.5. The monoisotopic (exact) mass is 405 g/mol. The third kappa shape index (κ3) is 6.85. The molecule has 2 aromatic rings. The molecule has 0 bridgehead atoms. The number of benzene rings is 2. The Morgan fingerprint density at radius 1 is 1.10 bits per heavy atom. The molecule has 1 atom stereocenters. The number of primary amides is 1. The summed E-state index contributed by atoms with van der Waals surface area (Å²) in [6.45, 7) is 4.48. The Morgan fingerprint density at radius 2 is 1.83 bits per heavy atom. The summed E-state index contributed by atoms with van der Waals surface area (Å²) in [5.41, 5.74) is 9.74. The summed E-state index contributed by atoms with van der Waals surface area (Å²) in [6, 6.07) is 18.2. The molecule has 0 saturated carbocycles. The molecule has 158 valence electrons. The fraction of sp³-hybridized carbons (Fsp3) is 0.360. The Balaban J connectivity index is 1.47. The minimum Gasteiger partial charge on any atom is -0.369 e. The zero-order valence-electron chi connectivity index (χ0n) is 17.6. The van der Waals surface area contributed by atoms with Gasteiger partial charge in [0.2, 0.25) is 11.8 Å². The van der Waals surface area contributed by atoms with Crippen molar-refractivity contribution in [3.8, 4) is 0 Å². The van der Waals surface area contributed by atoms with Crippen LogP contribution in [0.4, 0.5) is 5.69 Å². The number of nitrogens with one attached hydrogen (secondary N) is 1. The van der Waals surface area contributed by atoms with Crippen LogP contribution in [0.1, 0.15) is 37.3 Å². The Morgan fingerprint density at radius 3 is 2.53 bits per heavy atom. The maximum absolute atomic E-state index is 12.3. The Labute approximate surface area is 179 Å². The molecule has 1 aliphatic rings. The van der Waals surface area contributed by atoms with Crippen molar-refractivity contribution in [1.82, 2.24) is 4.90 Å². The van der Waals surface area contributed by atoms with E-state index in [1.807, 2.05) is 49.4 Å². The number of hydrogen-bond donors (Lipinski definition) is 2. The zero-order chi connectivity index (χ0) is 21.3. The third-order valence-electron chi connectivity index (χ3n) is 5.56. The lowest BCUT2D eigenvalue weighted by Gasteiger charge is -2.31. The maximum atomic E-state index is 12.3. The summed E-state index contributed by atoms with van der Waals surface area (Å²) >= 11 is 0. The molecule has 0 spiro atoms. The first-order chi connectivity index (χ1) is 14.5. The fourth-order valence-corrected chi connectivity index (χ4v) is 3.84. The first-order valence-corrected chi connectivity index (χ1v) is 10.6. The van der Waals surface area contributed by atoms with Gasteiger partial charge in [-0.2, -0.15) is 0 Å². The van der Waals surface area contributed by atoms with Gasteiger partial charge in [-0.3, -0.25) is 14.5 Å². The predicted octanol–water partition coefficient (Wildman–Crippen LogP) is 3.90. The van der Waals surface area contributed by atoms with Crippen LogP contribution in [0.25, 0.3) is 0 Å². The van der Waals surface area contributed by atoms with Crippen LogP contribution < -0.4 is 11.1 Å². The van der Waals surface area contributed by atoms with Crippen molar-refractivity contribution in [3.63, 3.8) is 0 Å². The van der Waals surface area contributed by atoms with Gasteiger partial charge in [-0.15, -0.1) is 0 Å². The average molecular weight is 406 g/mol. The van der Waals surface area contributed by atoms with Gasteiger partial charge in [0, 0.05) is 24.9 Å². The van der Waals surface area contributed by atoms with Crippen molar-refractivity contribution in [2.45, 2.75) is 39.2 Å². The number of aryl methyl sites for hydroxylation is 1. The van der Waals surface area contributed by atoms with Crippen molar-refractivity contribution >= 4 is 17.5 Å². The molecular weight excluding hydrogens is 374 g/mol. The lowest BCUT2D eigenvalue weighted by Crippen LogP contribution is -2.40. The summed E-state index contributed by atoms with van der Waals surface area (Å²) in [5.74, 6) is -0.354. The van der Waals surface area contributed by atoms with Gasteiger partial charge in [0.25, 0.3) is 0 Å². The van der Waals surface area contributed by atoms with Crippen molar-refractivity contribution in [3.05, 3.63) is 77.4 Å². The van der Waals surface area contributed by atoms with Gasteiger partial charge in [-0.1, -0.05) is 48.0 Å². The number of carbonyl (C=O) groups excluding carboxylic acids is 2. The molecule has 1 aliphatic heterocycles. The average Bonchev–Trinajstić information content (AvgIpc) is 2.74. The minimum atomic E-state index is -0.204. The second kappa shape index (κ2) is 10.7. The van der Waals surface area contributed by atoms with Gasteiger partial charge in [-0.05, 0) is 62.4 Å². The fourth-order valence-electron chi connectivity index (χ4n) is 3.84.